The highest BCUT2D eigenvalue weighted by Gasteiger charge is 2.24. The molecule has 10 heteroatoms. The van der Waals surface area contributed by atoms with Gasteiger partial charge in [0.1, 0.15) is 4.83 Å². The Morgan fingerprint density at radius 2 is 1.97 bits per heavy atom. The van der Waals surface area contributed by atoms with Crippen molar-refractivity contribution in [1.82, 2.24) is 9.66 Å². The van der Waals surface area contributed by atoms with Crippen molar-refractivity contribution in [3.8, 4) is 0 Å². The van der Waals surface area contributed by atoms with Gasteiger partial charge in [-0.3, -0.25) is 15.0 Å². The molecule has 1 aliphatic heterocycles. The maximum atomic E-state index is 13.3. The lowest BCUT2D eigenvalue weighted by Crippen LogP contribution is -2.32. The lowest BCUT2D eigenvalue weighted by Gasteiger charge is -2.19. The molecular formula is C22H17ClN4O2S3. The van der Waals surface area contributed by atoms with Crippen molar-refractivity contribution in [1.29, 1.82) is 0 Å². The van der Waals surface area contributed by atoms with Crippen molar-refractivity contribution in [3.05, 3.63) is 76.9 Å². The zero-order valence-electron chi connectivity index (χ0n) is 17.3. The summed E-state index contributed by atoms with van der Waals surface area (Å²) in [7, 11) is 0. The second-order valence-electron chi connectivity index (χ2n) is 7.41. The maximum absolute atomic E-state index is 13.3. The van der Waals surface area contributed by atoms with E-state index in [-0.39, 0.29) is 11.5 Å². The second-order valence-corrected chi connectivity index (χ2v) is 11.0. The van der Waals surface area contributed by atoms with Crippen LogP contribution in [0.15, 0.2) is 45.7 Å². The molecule has 0 spiro atoms. The van der Waals surface area contributed by atoms with Gasteiger partial charge in [-0.05, 0) is 50.1 Å². The van der Waals surface area contributed by atoms with Crippen LogP contribution in [0.4, 0.5) is 5.69 Å². The van der Waals surface area contributed by atoms with Crippen molar-refractivity contribution in [2.24, 2.45) is 0 Å². The molecule has 0 saturated carbocycles. The molecule has 0 bridgehead atoms. The summed E-state index contributed by atoms with van der Waals surface area (Å²) in [5, 5.41) is 5.85. The summed E-state index contributed by atoms with van der Waals surface area (Å²) >= 11 is 10.1. The normalized spacial score (nSPS) is 12.9. The first kappa shape index (κ1) is 21.3. The summed E-state index contributed by atoms with van der Waals surface area (Å²) in [4.78, 5) is 33.0. The van der Waals surface area contributed by atoms with Crippen molar-refractivity contribution in [2.75, 3.05) is 10.7 Å². The number of rotatable bonds is 3. The molecule has 4 heterocycles. The molecule has 2 N–H and O–H groups in total. The SMILES string of the molecule is Cc1ccc(NC(=O)c2sc3nc4n(c(=O)c3c2C)NC(c2ccc(Cl)s2)=CS4)c(C)c1. The third kappa shape index (κ3) is 3.65. The molecule has 0 unspecified atom stereocenters. The summed E-state index contributed by atoms with van der Waals surface area (Å²) in [6.45, 7) is 5.75. The van der Waals surface area contributed by atoms with Crippen molar-refractivity contribution in [2.45, 2.75) is 25.9 Å². The number of aryl methyl sites for hydroxylation is 3. The zero-order valence-corrected chi connectivity index (χ0v) is 20.5. The van der Waals surface area contributed by atoms with Crippen LogP contribution in [0.1, 0.15) is 31.2 Å². The van der Waals surface area contributed by atoms with Crippen LogP contribution in [0.5, 0.6) is 0 Å². The van der Waals surface area contributed by atoms with E-state index >= 15 is 0 Å². The molecule has 1 aromatic carbocycles. The lowest BCUT2D eigenvalue weighted by molar-refractivity contribution is 0.103. The molecular weight excluding hydrogens is 484 g/mol. The Morgan fingerprint density at radius 3 is 2.69 bits per heavy atom. The van der Waals surface area contributed by atoms with E-state index in [1.54, 1.807) is 6.92 Å². The van der Waals surface area contributed by atoms with Crippen LogP contribution in [-0.2, 0) is 0 Å². The molecule has 0 fully saturated rings. The van der Waals surface area contributed by atoms with Gasteiger partial charge < -0.3 is 5.32 Å². The Morgan fingerprint density at radius 1 is 1.16 bits per heavy atom. The average molecular weight is 501 g/mol. The molecule has 1 aliphatic rings. The Bertz CT molecular complexity index is 1500. The van der Waals surface area contributed by atoms with E-state index in [0.717, 1.165) is 27.4 Å². The Kier molecular flexibility index (Phi) is 5.37. The minimum Gasteiger partial charge on any atom is -0.321 e. The fourth-order valence-electron chi connectivity index (χ4n) is 3.52. The molecule has 32 heavy (non-hydrogen) atoms. The van der Waals surface area contributed by atoms with E-state index in [1.807, 2.05) is 49.6 Å². The number of nitrogens with zero attached hydrogens (tertiary/aromatic N) is 2. The predicted octanol–water partition coefficient (Wildman–Crippen LogP) is 6.00. The van der Waals surface area contributed by atoms with E-state index in [0.29, 0.717) is 30.1 Å². The van der Waals surface area contributed by atoms with Gasteiger partial charge in [-0.25, -0.2) is 4.98 Å². The van der Waals surface area contributed by atoms with Gasteiger partial charge in [0.15, 0.2) is 5.16 Å². The molecule has 1 amide bonds. The highest BCUT2D eigenvalue weighted by molar-refractivity contribution is 8.02. The number of halogens is 1. The number of anilines is 1. The molecule has 0 radical (unpaired) electrons. The third-order valence-electron chi connectivity index (χ3n) is 5.12. The quantitative estimate of drug-likeness (QED) is 0.337. The van der Waals surface area contributed by atoms with E-state index in [2.05, 4.69) is 15.7 Å². The number of thioether (sulfide) groups is 1. The number of hydrogen-bond donors (Lipinski definition) is 2. The largest absolute Gasteiger partial charge is 0.321 e. The summed E-state index contributed by atoms with van der Waals surface area (Å²) in [6.07, 6.45) is 0. The van der Waals surface area contributed by atoms with Gasteiger partial charge in [0, 0.05) is 11.1 Å². The first-order valence-electron chi connectivity index (χ1n) is 9.66. The standard InChI is InChI=1S/C22H17ClN4O2S3/c1-10-4-5-13(11(2)8-10)24-19(28)18-12(3)17-20(32-18)25-22-27(21(17)29)26-14(9-30-22)15-6-7-16(23)31-15/h4-9,26H,1-3H3,(H,24,28). The van der Waals surface area contributed by atoms with Crippen LogP contribution < -0.4 is 16.3 Å². The van der Waals surface area contributed by atoms with E-state index in [9.17, 15) is 9.59 Å². The topological polar surface area (TPSA) is 76.0 Å². The molecule has 5 rings (SSSR count). The lowest BCUT2D eigenvalue weighted by atomic mass is 10.1. The highest BCUT2D eigenvalue weighted by atomic mass is 35.5. The van der Waals surface area contributed by atoms with Gasteiger partial charge >= 0.3 is 0 Å². The van der Waals surface area contributed by atoms with Crippen LogP contribution in [0.25, 0.3) is 15.9 Å². The fourth-order valence-corrected chi connectivity index (χ4v) is 6.51. The number of nitrogens with one attached hydrogen (secondary N) is 2. The van der Waals surface area contributed by atoms with Gasteiger partial charge in [0.2, 0.25) is 0 Å². The van der Waals surface area contributed by atoms with E-state index in [4.69, 9.17) is 11.6 Å². The number of carbonyl (C=O) groups excluding carboxylic acids is 1. The number of carbonyl (C=O) groups is 1. The van der Waals surface area contributed by atoms with Crippen LogP contribution >= 0.6 is 46.0 Å². The van der Waals surface area contributed by atoms with E-state index < -0.39 is 0 Å². The number of fused-ring (bicyclic) bond motifs is 2. The molecule has 162 valence electrons. The molecule has 0 aliphatic carbocycles. The number of benzene rings is 1. The number of thiophene rings is 2. The summed E-state index contributed by atoms with van der Waals surface area (Å²) < 4.78 is 2.11. The Balaban J connectivity index is 1.52. The molecule has 0 atom stereocenters. The number of hydrogen-bond acceptors (Lipinski definition) is 7. The first-order valence-corrected chi connectivity index (χ1v) is 12.5. The molecule has 0 saturated heterocycles. The van der Waals surface area contributed by atoms with Gasteiger partial charge in [-0.1, -0.05) is 41.1 Å². The molecule has 6 nitrogen and oxygen atoms in total. The highest BCUT2D eigenvalue weighted by Crippen LogP contribution is 2.35. The maximum Gasteiger partial charge on any atom is 0.282 e. The monoisotopic (exact) mass is 500 g/mol. The minimum absolute atomic E-state index is 0.231. The fraction of sp³-hybridized carbons (Fsp3) is 0.136. The van der Waals surface area contributed by atoms with Crippen LogP contribution in [-0.4, -0.2) is 15.6 Å². The summed E-state index contributed by atoms with van der Waals surface area (Å²) in [6, 6.07) is 9.58. The van der Waals surface area contributed by atoms with Gasteiger partial charge in [-0.15, -0.1) is 22.7 Å². The third-order valence-corrected chi connectivity index (χ3v) is 8.41. The first-order chi connectivity index (χ1) is 15.3. The number of amides is 1. The van der Waals surface area contributed by atoms with Crippen molar-refractivity contribution >= 4 is 73.5 Å². The average Bonchev–Trinajstić information content (AvgIpc) is 3.33. The number of aromatic nitrogens is 2. The Labute approximate surface area is 200 Å². The summed E-state index contributed by atoms with van der Waals surface area (Å²) in [5.41, 5.74) is 7.19. The summed E-state index contributed by atoms with van der Waals surface area (Å²) in [5.74, 6) is -0.243. The molecule has 3 aromatic heterocycles. The van der Waals surface area contributed by atoms with Crippen LogP contribution in [0, 0.1) is 20.8 Å². The predicted molar refractivity (Wildman–Crippen MR) is 135 cm³/mol. The van der Waals surface area contributed by atoms with Crippen molar-refractivity contribution < 1.29 is 4.79 Å². The second kappa shape index (κ2) is 8.08. The van der Waals surface area contributed by atoms with Crippen LogP contribution in [0.2, 0.25) is 4.34 Å². The van der Waals surface area contributed by atoms with Gasteiger partial charge in [0.05, 0.1) is 25.2 Å². The van der Waals surface area contributed by atoms with Crippen LogP contribution in [0.3, 0.4) is 0 Å². The van der Waals surface area contributed by atoms with E-state index in [1.165, 1.54) is 39.1 Å². The zero-order chi connectivity index (χ0) is 22.6. The van der Waals surface area contributed by atoms with Gasteiger partial charge in [0.25, 0.3) is 11.5 Å². The minimum atomic E-state index is -0.243. The Hall–Kier alpha value is -2.59. The molecule has 4 aromatic rings. The van der Waals surface area contributed by atoms with Crippen molar-refractivity contribution in [3.63, 3.8) is 0 Å². The van der Waals surface area contributed by atoms with Gasteiger partial charge in [-0.2, -0.15) is 4.68 Å². The smallest absolute Gasteiger partial charge is 0.282 e.